The van der Waals surface area contributed by atoms with Crippen molar-refractivity contribution in [3.05, 3.63) is 36.5 Å². The van der Waals surface area contributed by atoms with Crippen LogP contribution in [0.3, 0.4) is 0 Å². The van der Waals surface area contributed by atoms with Gasteiger partial charge in [-0.25, -0.2) is 0 Å². The van der Waals surface area contributed by atoms with E-state index in [0.717, 1.165) is 42.8 Å². The minimum atomic E-state index is 0.795. The molecule has 0 spiro atoms. The molecule has 0 aliphatic carbocycles. The zero-order valence-electron chi connectivity index (χ0n) is 11.4. The molecule has 20 heavy (non-hydrogen) atoms. The molecule has 0 radical (unpaired) electrons. The van der Waals surface area contributed by atoms with Gasteiger partial charge in [0, 0.05) is 12.7 Å². The number of nitrogens with one attached hydrogen (secondary N) is 2. The molecule has 0 saturated carbocycles. The van der Waals surface area contributed by atoms with E-state index in [-0.39, 0.29) is 0 Å². The van der Waals surface area contributed by atoms with Crippen LogP contribution in [0.2, 0.25) is 0 Å². The molecule has 3 heterocycles. The molecule has 2 aromatic rings. The molecule has 0 aromatic carbocycles. The first-order chi connectivity index (χ1) is 9.92. The number of anilines is 1. The zero-order chi connectivity index (χ0) is 13.6. The molecule has 0 amide bonds. The molecule has 2 N–H and O–H groups in total. The predicted octanol–water partition coefficient (Wildman–Crippen LogP) is 1.95. The van der Waals surface area contributed by atoms with Gasteiger partial charge in [-0.15, -0.1) is 10.2 Å². The average Bonchev–Trinajstić information content (AvgIpc) is 3.02. The van der Waals surface area contributed by atoms with E-state index in [9.17, 15) is 0 Å². The number of nitrogens with zero attached hydrogens (tertiary/aromatic N) is 3. The van der Waals surface area contributed by atoms with Gasteiger partial charge in [-0.3, -0.25) is 4.98 Å². The first-order valence-electron chi connectivity index (χ1n) is 7.11. The van der Waals surface area contributed by atoms with Crippen molar-refractivity contribution in [2.24, 2.45) is 5.92 Å². The van der Waals surface area contributed by atoms with Gasteiger partial charge in [0.25, 0.3) is 0 Å². The summed E-state index contributed by atoms with van der Waals surface area (Å²) in [6.45, 7) is 3.25. The Kier molecular flexibility index (Phi) is 4.18. The third-order valence-electron chi connectivity index (χ3n) is 3.61. The van der Waals surface area contributed by atoms with Gasteiger partial charge in [-0.05, 0) is 56.1 Å². The summed E-state index contributed by atoms with van der Waals surface area (Å²) in [5.74, 6) is 1.62. The Hall–Kier alpha value is -2.01. The fourth-order valence-electron chi connectivity index (χ4n) is 2.44. The van der Waals surface area contributed by atoms with Gasteiger partial charge in [0.2, 0.25) is 0 Å². The highest BCUT2D eigenvalue weighted by atomic mass is 15.2. The summed E-state index contributed by atoms with van der Waals surface area (Å²) in [6.07, 6.45) is 4.22. The number of hydrogen-bond donors (Lipinski definition) is 2. The van der Waals surface area contributed by atoms with Crippen LogP contribution in [0.1, 0.15) is 12.8 Å². The number of hydrogen-bond acceptors (Lipinski definition) is 5. The van der Waals surface area contributed by atoms with Crippen molar-refractivity contribution >= 4 is 5.82 Å². The van der Waals surface area contributed by atoms with Crippen LogP contribution in [0.15, 0.2) is 36.5 Å². The Bertz CT molecular complexity index is 520. The van der Waals surface area contributed by atoms with Crippen LogP contribution < -0.4 is 10.6 Å². The van der Waals surface area contributed by atoms with E-state index in [1.165, 1.54) is 12.8 Å². The lowest BCUT2D eigenvalue weighted by molar-refractivity contribution is 0.548. The number of aromatic nitrogens is 3. The Labute approximate surface area is 118 Å². The maximum absolute atomic E-state index is 4.26. The first-order valence-corrected chi connectivity index (χ1v) is 7.11. The van der Waals surface area contributed by atoms with Crippen LogP contribution >= 0.6 is 0 Å². The van der Waals surface area contributed by atoms with E-state index in [1.807, 2.05) is 30.3 Å². The minimum absolute atomic E-state index is 0.795. The molecule has 3 rings (SSSR count). The Balaban J connectivity index is 1.53. The SMILES string of the molecule is c1ccc(-c2ccc(NCCC3CCNC3)nn2)nc1. The quantitative estimate of drug-likeness (QED) is 0.868. The second-order valence-corrected chi connectivity index (χ2v) is 5.09. The summed E-state index contributed by atoms with van der Waals surface area (Å²) in [7, 11) is 0. The van der Waals surface area contributed by atoms with Crippen LogP contribution in [0.4, 0.5) is 5.82 Å². The van der Waals surface area contributed by atoms with Crippen molar-refractivity contribution < 1.29 is 0 Å². The Morgan fingerprint density at radius 3 is 2.85 bits per heavy atom. The molecule has 104 valence electrons. The summed E-state index contributed by atoms with van der Waals surface area (Å²) in [6, 6.07) is 9.69. The normalized spacial score (nSPS) is 18.1. The van der Waals surface area contributed by atoms with Gasteiger partial charge in [-0.1, -0.05) is 6.07 Å². The molecule has 5 nitrogen and oxygen atoms in total. The lowest BCUT2D eigenvalue weighted by Crippen LogP contribution is -2.13. The van der Waals surface area contributed by atoms with E-state index >= 15 is 0 Å². The highest BCUT2D eigenvalue weighted by Crippen LogP contribution is 2.15. The van der Waals surface area contributed by atoms with Gasteiger partial charge in [-0.2, -0.15) is 0 Å². The minimum Gasteiger partial charge on any atom is -0.369 e. The Morgan fingerprint density at radius 2 is 2.15 bits per heavy atom. The molecule has 0 bridgehead atoms. The molecule has 2 aromatic heterocycles. The fourth-order valence-corrected chi connectivity index (χ4v) is 2.44. The van der Waals surface area contributed by atoms with E-state index in [4.69, 9.17) is 0 Å². The van der Waals surface area contributed by atoms with Crippen LogP contribution in [0.5, 0.6) is 0 Å². The van der Waals surface area contributed by atoms with Crippen LogP contribution in [-0.4, -0.2) is 34.8 Å². The molecule has 1 aliphatic heterocycles. The molecular formula is C15H19N5. The standard InChI is InChI=1S/C15H19N5/c1-2-8-17-13(3-1)14-4-5-15(20-19-14)18-10-7-12-6-9-16-11-12/h1-5,8,12,16H,6-7,9-11H2,(H,18,20). The zero-order valence-corrected chi connectivity index (χ0v) is 11.4. The van der Waals surface area contributed by atoms with E-state index in [0.29, 0.717) is 0 Å². The summed E-state index contributed by atoms with van der Waals surface area (Å²) in [4.78, 5) is 4.26. The largest absolute Gasteiger partial charge is 0.369 e. The van der Waals surface area contributed by atoms with Crippen molar-refractivity contribution in [3.63, 3.8) is 0 Å². The third kappa shape index (κ3) is 3.30. The lowest BCUT2D eigenvalue weighted by Gasteiger charge is -2.09. The first kappa shape index (κ1) is 13.0. The second kappa shape index (κ2) is 6.43. The van der Waals surface area contributed by atoms with E-state index in [1.54, 1.807) is 6.20 Å². The van der Waals surface area contributed by atoms with Crippen molar-refractivity contribution in [2.75, 3.05) is 25.0 Å². The van der Waals surface area contributed by atoms with Crippen LogP contribution in [-0.2, 0) is 0 Å². The third-order valence-corrected chi connectivity index (χ3v) is 3.61. The van der Waals surface area contributed by atoms with Crippen molar-refractivity contribution in [3.8, 4) is 11.4 Å². The number of rotatable bonds is 5. The van der Waals surface area contributed by atoms with Crippen molar-refractivity contribution in [1.82, 2.24) is 20.5 Å². The molecule has 5 heteroatoms. The fraction of sp³-hybridized carbons (Fsp3) is 0.400. The van der Waals surface area contributed by atoms with Crippen LogP contribution in [0, 0.1) is 5.92 Å². The maximum Gasteiger partial charge on any atom is 0.148 e. The van der Waals surface area contributed by atoms with E-state index < -0.39 is 0 Å². The molecular weight excluding hydrogens is 250 g/mol. The monoisotopic (exact) mass is 269 g/mol. The molecule has 1 saturated heterocycles. The highest BCUT2D eigenvalue weighted by Gasteiger charge is 2.13. The van der Waals surface area contributed by atoms with Gasteiger partial charge in [0.15, 0.2) is 0 Å². The summed E-state index contributed by atoms with van der Waals surface area (Å²) >= 11 is 0. The van der Waals surface area contributed by atoms with Gasteiger partial charge in [0.1, 0.15) is 11.5 Å². The molecule has 1 atom stereocenters. The lowest BCUT2D eigenvalue weighted by atomic mass is 10.1. The number of pyridine rings is 1. The van der Waals surface area contributed by atoms with Crippen molar-refractivity contribution in [1.29, 1.82) is 0 Å². The van der Waals surface area contributed by atoms with Crippen molar-refractivity contribution in [2.45, 2.75) is 12.8 Å². The smallest absolute Gasteiger partial charge is 0.148 e. The summed E-state index contributed by atoms with van der Waals surface area (Å²) in [5, 5.41) is 15.1. The average molecular weight is 269 g/mol. The van der Waals surface area contributed by atoms with Crippen LogP contribution in [0.25, 0.3) is 11.4 Å². The second-order valence-electron chi connectivity index (χ2n) is 5.09. The topological polar surface area (TPSA) is 62.7 Å². The van der Waals surface area contributed by atoms with Gasteiger partial charge < -0.3 is 10.6 Å². The molecule has 1 aliphatic rings. The maximum atomic E-state index is 4.26. The molecule has 1 unspecified atom stereocenters. The molecule has 1 fully saturated rings. The summed E-state index contributed by atoms with van der Waals surface area (Å²) in [5.41, 5.74) is 1.65. The predicted molar refractivity (Wildman–Crippen MR) is 79.3 cm³/mol. The van der Waals surface area contributed by atoms with Gasteiger partial charge >= 0.3 is 0 Å². The summed E-state index contributed by atoms with van der Waals surface area (Å²) < 4.78 is 0. The van der Waals surface area contributed by atoms with Gasteiger partial charge in [0.05, 0.1) is 5.69 Å². The highest BCUT2D eigenvalue weighted by molar-refractivity contribution is 5.54. The van der Waals surface area contributed by atoms with E-state index in [2.05, 4.69) is 25.8 Å². The Morgan fingerprint density at radius 1 is 1.15 bits per heavy atom.